The summed E-state index contributed by atoms with van der Waals surface area (Å²) in [6.45, 7) is 5.69. The number of fused-ring (bicyclic) bond motifs is 2. The second-order valence-corrected chi connectivity index (χ2v) is 5.74. The molecular formula is C18H17NO4. The highest BCUT2D eigenvalue weighted by Crippen LogP contribution is 2.34. The Labute approximate surface area is 133 Å². The summed E-state index contributed by atoms with van der Waals surface area (Å²) < 4.78 is 5.09. The summed E-state index contributed by atoms with van der Waals surface area (Å²) in [5, 5.41) is 0. The highest BCUT2D eigenvalue weighted by molar-refractivity contribution is 6.30. The lowest BCUT2D eigenvalue weighted by atomic mass is 9.86. The maximum absolute atomic E-state index is 12.8. The van der Waals surface area contributed by atoms with Crippen molar-refractivity contribution >= 4 is 17.5 Å². The predicted molar refractivity (Wildman–Crippen MR) is 84.1 cm³/mol. The van der Waals surface area contributed by atoms with Crippen LogP contribution in [0.1, 0.15) is 74.7 Å². The Morgan fingerprint density at radius 3 is 2.30 bits per heavy atom. The molecule has 0 saturated heterocycles. The van der Waals surface area contributed by atoms with Gasteiger partial charge in [-0.3, -0.25) is 9.59 Å². The Morgan fingerprint density at radius 2 is 1.74 bits per heavy atom. The van der Waals surface area contributed by atoms with Crippen molar-refractivity contribution in [3.05, 3.63) is 57.9 Å². The maximum atomic E-state index is 12.8. The molecule has 3 rings (SSSR count). The third-order valence-electron chi connectivity index (χ3n) is 3.96. The molecule has 1 aromatic carbocycles. The Balaban J connectivity index is 2.28. The molecule has 2 aromatic rings. The number of hydrogen-bond donors (Lipinski definition) is 1. The summed E-state index contributed by atoms with van der Waals surface area (Å²) >= 11 is 0. The van der Waals surface area contributed by atoms with Crippen LogP contribution < -0.4 is 0 Å². The number of H-pyrrole nitrogens is 1. The lowest BCUT2D eigenvalue weighted by molar-refractivity contribution is 0.0522. The van der Waals surface area contributed by atoms with Crippen LogP contribution in [0.4, 0.5) is 0 Å². The first kappa shape index (κ1) is 15.2. The number of carbonyl (C=O) groups excluding carboxylic acids is 3. The normalized spacial score (nSPS) is 13.0. The van der Waals surface area contributed by atoms with Crippen molar-refractivity contribution in [2.45, 2.75) is 26.7 Å². The van der Waals surface area contributed by atoms with E-state index in [0.29, 0.717) is 16.8 Å². The number of nitrogens with one attached hydrogen (secondary N) is 1. The van der Waals surface area contributed by atoms with Gasteiger partial charge >= 0.3 is 5.97 Å². The summed E-state index contributed by atoms with van der Waals surface area (Å²) in [4.78, 5) is 40.9. The zero-order valence-electron chi connectivity index (χ0n) is 13.2. The molecular weight excluding hydrogens is 294 g/mol. The molecule has 23 heavy (non-hydrogen) atoms. The van der Waals surface area contributed by atoms with Crippen molar-refractivity contribution in [3.63, 3.8) is 0 Å². The van der Waals surface area contributed by atoms with Crippen molar-refractivity contribution in [1.82, 2.24) is 4.98 Å². The van der Waals surface area contributed by atoms with Gasteiger partial charge in [0.25, 0.3) is 0 Å². The van der Waals surface area contributed by atoms with Gasteiger partial charge in [0.1, 0.15) is 0 Å². The standard InChI is InChI=1S/C18H17NO4/c1-4-23-18(22)13-12-15(19-14(13)9(2)3)17(21)11-8-6-5-7-10(11)16(12)20/h5-9,19H,4H2,1-3H3. The highest BCUT2D eigenvalue weighted by atomic mass is 16.5. The first-order chi connectivity index (χ1) is 11.0. The van der Waals surface area contributed by atoms with Crippen LogP contribution in [-0.4, -0.2) is 29.1 Å². The maximum Gasteiger partial charge on any atom is 0.340 e. The Bertz CT molecular complexity index is 830. The third-order valence-corrected chi connectivity index (χ3v) is 3.96. The van der Waals surface area contributed by atoms with Gasteiger partial charge in [-0.25, -0.2) is 4.79 Å². The molecule has 0 unspecified atom stereocenters. The molecule has 5 heteroatoms. The van der Waals surface area contributed by atoms with Crippen molar-refractivity contribution in [2.24, 2.45) is 0 Å². The summed E-state index contributed by atoms with van der Waals surface area (Å²) in [6, 6.07) is 6.65. The van der Waals surface area contributed by atoms with Gasteiger partial charge in [0.2, 0.25) is 5.78 Å². The quantitative estimate of drug-likeness (QED) is 0.754. The van der Waals surface area contributed by atoms with E-state index in [9.17, 15) is 14.4 Å². The molecule has 1 heterocycles. The van der Waals surface area contributed by atoms with E-state index in [1.807, 2.05) is 13.8 Å². The van der Waals surface area contributed by atoms with E-state index >= 15 is 0 Å². The largest absolute Gasteiger partial charge is 0.462 e. The topological polar surface area (TPSA) is 76.2 Å². The lowest BCUT2D eigenvalue weighted by Gasteiger charge is -2.14. The van der Waals surface area contributed by atoms with E-state index in [2.05, 4.69) is 4.98 Å². The van der Waals surface area contributed by atoms with Crippen LogP contribution in [0.2, 0.25) is 0 Å². The van der Waals surface area contributed by atoms with Crippen LogP contribution in [0, 0.1) is 0 Å². The Kier molecular flexibility index (Phi) is 3.64. The van der Waals surface area contributed by atoms with E-state index in [1.165, 1.54) is 0 Å². The van der Waals surface area contributed by atoms with Gasteiger partial charge in [-0.2, -0.15) is 0 Å². The number of rotatable bonds is 3. The van der Waals surface area contributed by atoms with Crippen LogP contribution in [0.3, 0.4) is 0 Å². The fraction of sp³-hybridized carbons (Fsp3) is 0.278. The molecule has 0 spiro atoms. The molecule has 1 aliphatic carbocycles. The van der Waals surface area contributed by atoms with Crippen LogP contribution in [0.15, 0.2) is 24.3 Å². The van der Waals surface area contributed by atoms with Crippen molar-refractivity contribution in [2.75, 3.05) is 6.61 Å². The predicted octanol–water partition coefficient (Wildman–Crippen LogP) is 3.09. The number of esters is 1. The smallest absolute Gasteiger partial charge is 0.340 e. The van der Waals surface area contributed by atoms with E-state index in [0.717, 1.165) is 0 Å². The highest BCUT2D eigenvalue weighted by Gasteiger charge is 2.38. The fourth-order valence-electron chi connectivity index (χ4n) is 2.91. The number of carbonyl (C=O) groups is 3. The van der Waals surface area contributed by atoms with Gasteiger partial charge in [0.15, 0.2) is 5.78 Å². The van der Waals surface area contributed by atoms with Gasteiger partial charge in [0.05, 0.1) is 23.4 Å². The number of ketones is 2. The molecule has 0 aliphatic heterocycles. The monoisotopic (exact) mass is 311 g/mol. The zero-order valence-corrected chi connectivity index (χ0v) is 13.2. The minimum atomic E-state index is -0.575. The fourth-order valence-corrected chi connectivity index (χ4v) is 2.91. The summed E-state index contributed by atoms with van der Waals surface area (Å²) in [7, 11) is 0. The van der Waals surface area contributed by atoms with Crippen LogP contribution >= 0.6 is 0 Å². The number of ether oxygens (including phenoxy) is 1. The van der Waals surface area contributed by atoms with Crippen LogP contribution in [0.5, 0.6) is 0 Å². The molecule has 1 N–H and O–H groups in total. The van der Waals surface area contributed by atoms with E-state index in [-0.39, 0.29) is 40.9 Å². The van der Waals surface area contributed by atoms with E-state index in [4.69, 9.17) is 4.74 Å². The molecule has 118 valence electrons. The summed E-state index contributed by atoms with van der Waals surface area (Å²) in [5.74, 6) is -1.22. The van der Waals surface area contributed by atoms with Crippen LogP contribution in [0.25, 0.3) is 0 Å². The molecule has 0 saturated carbocycles. The lowest BCUT2D eigenvalue weighted by Crippen LogP contribution is -2.22. The van der Waals surface area contributed by atoms with E-state index < -0.39 is 5.97 Å². The van der Waals surface area contributed by atoms with E-state index in [1.54, 1.807) is 31.2 Å². The Hall–Kier alpha value is -2.69. The molecule has 5 nitrogen and oxygen atoms in total. The van der Waals surface area contributed by atoms with Gasteiger partial charge in [-0.1, -0.05) is 38.1 Å². The van der Waals surface area contributed by atoms with Crippen molar-refractivity contribution in [3.8, 4) is 0 Å². The van der Waals surface area contributed by atoms with Crippen molar-refractivity contribution in [1.29, 1.82) is 0 Å². The van der Waals surface area contributed by atoms with Gasteiger partial charge in [-0.15, -0.1) is 0 Å². The number of aromatic nitrogens is 1. The minimum absolute atomic E-state index is 0.0521. The molecule has 1 aromatic heterocycles. The zero-order chi connectivity index (χ0) is 16.7. The number of benzene rings is 1. The number of hydrogen-bond acceptors (Lipinski definition) is 4. The SMILES string of the molecule is CCOC(=O)c1c(C(C)C)[nH]c2c1C(=O)c1ccccc1C2=O. The first-order valence-corrected chi connectivity index (χ1v) is 7.58. The van der Waals surface area contributed by atoms with Crippen molar-refractivity contribution < 1.29 is 19.1 Å². The average molecular weight is 311 g/mol. The average Bonchev–Trinajstić information content (AvgIpc) is 2.94. The molecule has 0 atom stereocenters. The van der Waals surface area contributed by atoms with Gasteiger partial charge in [0, 0.05) is 16.8 Å². The molecule has 0 bridgehead atoms. The second kappa shape index (κ2) is 5.50. The molecule has 0 radical (unpaired) electrons. The second-order valence-electron chi connectivity index (χ2n) is 5.74. The summed E-state index contributed by atoms with van der Waals surface area (Å²) in [5.41, 5.74) is 1.74. The summed E-state index contributed by atoms with van der Waals surface area (Å²) in [6.07, 6.45) is 0. The number of aromatic amines is 1. The third kappa shape index (κ3) is 2.20. The first-order valence-electron chi connectivity index (χ1n) is 7.58. The molecule has 0 fully saturated rings. The van der Waals surface area contributed by atoms with Crippen LogP contribution in [-0.2, 0) is 4.74 Å². The molecule has 0 amide bonds. The minimum Gasteiger partial charge on any atom is -0.462 e. The Morgan fingerprint density at radius 1 is 1.13 bits per heavy atom. The molecule has 1 aliphatic rings. The van der Waals surface area contributed by atoms with Gasteiger partial charge in [-0.05, 0) is 12.8 Å². The van der Waals surface area contributed by atoms with Gasteiger partial charge < -0.3 is 9.72 Å².